The summed E-state index contributed by atoms with van der Waals surface area (Å²) in [6.07, 6.45) is 4.34. The summed E-state index contributed by atoms with van der Waals surface area (Å²) < 4.78 is 0. The van der Waals surface area contributed by atoms with Gasteiger partial charge in [-0.15, -0.1) is 0 Å². The smallest absolute Gasteiger partial charge is 0.0703 e. The Morgan fingerprint density at radius 3 is 2.65 bits per heavy atom. The van der Waals surface area contributed by atoms with Crippen LogP contribution in [0.3, 0.4) is 0 Å². The van der Waals surface area contributed by atoms with Gasteiger partial charge in [-0.25, -0.2) is 0 Å². The molecule has 0 amide bonds. The fraction of sp³-hybridized carbons (Fsp3) is 0.389. The summed E-state index contributed by atoms with van der Waals surface area (Å²) in [5, 5.41) is 15.3. The van der Waals surface area contributed by atoms with Gasteiger partial charge in [-0.2, -0.15) is 5.26 Å². The van der Waals surface area contributed by atoms with E-state index in [4.69, 9.17) is 0 Å². The van der Waals surface area contributed by atoms with Crippen LogP contribution >= 0.6 is 0 Å². The summed E-state index contributed by atoms with van der Waals surface area (Å²) in [5.74, 6) is 0. The lowest BCUT2D eigenvalue weighted by Gasteiger charge is -2.35. The van der Waals surface area contributed by atoms with E-state index in [1.165, 1.54) is 22.8 Å². The molecule has 0 unspecified atom stereocenters. The highest BCUT2D eigenvalue weighted by Crippen LogP contribution is 2.39. The zero-order valence-corrected chi connectivity index (χ0v) is 11.7. The molecule has 20 heavy (non-hydrogen) atoms. The summed E-state index contributed by atoms with van der Waals surface area (Å²) in [6, 6.07) is 17.5. The van der Waals surface area contributed by atoms with Crippen molar-refractivity contribution in [1.29, 1.82) is 5.26 Å². The first kappa shape index (κ1) is 13.1. The van der Waals surface area contributed by atoms with Crippen LogP contribution in [0.4, 0.5) is 0 Å². The van der Waals surface area contributed by atoms with Crippen LogP contribution in [-0.2, 0) is 6.42 Å². The molecule has 0 spiro atoms. The minimum absolute atomic E-state index is 0.0707. The van der Waals surface area contributed by atoms with Crippen molar-refractivity contribution in [1.82, 2.24) is 5.32 Å². The van der Waals surface area contributed by atoms with Gasteiger partial charge in [-0.05, 0) is 42.1 Å². The third-order valence-electron chi connectivity index (χ3n) is 4.46. The standard InChI is InChI=1S/C18H20N2/c19-13-18(10-4-11-18)14-20-12-9-16-7-3-6-15-5-1-2-8-17(15)16/h1-3,5-8,20H,4,9-12,14H2. The molecule has 3 rings (SSSR count). The van der Waals surface area contributed by atoms with Crippen LogP contribution in [0, 0.1) is 16.7 Å². The van der Waals surface area contributed by atoms with Gasteiger partial charge in [0.1, 0.15) is 0 Å². The topological polar surface area (TPSA) is 35.8 Å². The second kappa shape index (κ2) is 5.64. The van der Waals surface area contributed by atoms with Crippen molar-refractivity contribution in [3.05, 3.63) is 48.0 Å². The minimum atomic E-state index is -0.0707. The number of nitrogens with one attached hydrogen (secondary N) is 1. The van der Waals surface area contributed by atoms with E-state index in [1.54, 1.807) is 0 Å². The molecule has 0 heterocycles. The molecule has 0 aromatic heterocycles. The second-order valence-electron chi connectivity index (χ2n) is 5.81. The maximum absolute atomic E-state index is 9.20. The maximum Gasteiger partial charge on any atom is 0.0703 e. The molecule has 102 valence electrons. The number of nitriles is 1. The monoisotopic (exact) mass is 264 g/mol. The summed E-state index contributed by atoms with van der Waals surface area (Å²) in [4.78, 5) is 0. The largest absolute Gasteiger partial charge is 0.315 e. The van der Waals surface area contributed by atoms with Crippen LogP contribution in [0.1, 0.15) is 24.8 Å². The maximum atomic E-state index is 9.20. The van der Waals surface area contributed by atoms with E-state index in [9.17, 15) is 5.26 Å². The predicted molar refractivity (Wildman–Crippen MR) is 82.4 cm³/mol. The molecule has 2 nitrogen and oxygen atoms in total. The highest BCUT2D eigenvalue weighted by Gasteiger charge is 2.36. The molecular formula is C18H20N2. The molecule has 0 radical (unpaired) electrons. The van der Waals surface area contributed by atoms with Crippen molar-refractivity contribution >= 4 is 10.8 Å². The van der Waals surface area contributed by atoms with E-state index in [-0.39, 0.29) is 5.41 Å². The van der Waals surface area contributed by atoms with Gasteiger partial charge < -0.3 is 5.32 Å². The molecule has 1 aliphatic carbocycles. The van der Waals surface area contributed by atoms with E-state index < -0.39 is 0 Å². The highest BCUT2D eigenvalue weighted by molar-refractivity contribution is 5.85. The van der Waals surface area contributed by atoms with Crippen molar-refractivity contribution in [2.24, 2.45) is 5.41 Å². The average Bonchev–Trinajstić information content (AvgIpc) is 2.46. The van der Waals surface area contributed by atoms with E-state index >= 15 is 0 Å². The molecule has 2 aromatic rings. The number of benzene rings is 2. The third kappa shape index (κ3) is 2.55. The zero-order chi connectivity index (χ0) is 13.8. The first-order valence-electron chi connectivity index (χ1n) is 7.42. The molecule has 0 saturated heterocycles. The second-order valence-corrected chi connectivity index (χ2v) is 5.81. The summed E-state index contributed by atoms with van der Waals surface area (Å²) in [7, 11) is 0. The average molecular weight is 264 g/mol. The quantitative estimate of drug-likeness (QED) is 0.836. The zero-order valence-electron chi connectivity index (χ0n) is 11.7. The van der Waals surface area contributed by atoms with Gasteiger partial charge >= 0.3 is 0 Å². The Hall–Kier alpha value is -1.85. The fourth-order valence-electron chi connectivity index (χ4n) is 2.99. The normalized spacial score (nSPS) is 16.6. The minimum Gasteiger partial charge on any atom is -0.315 e. The van der Waals surface area contributed by atoms with Gasteiger partial charge in [-0.1, -0.05) is 48.9 Å². The number of rotatable bonds is 5. The lowest BCUT2D eigenvalue weighted by molar-refractivity contribution is 0.208. The van der Waals surface area contributed by atoms with E-state index in [0.717, 1.165) is 32.4 Å². The van der Waals surface area contributed by atoms with Crippen LogP contribution in [0.5, 0.6) is 0 Å². The molecule has 0 aliphatic heterocycles. The molecule has 1 saturated carbocycles. The third-order valence-corrected chi connectivity index (χ3v) is 4.46. The summed E-state index contributed by atoms with van der Waals surface area (Å²) >= 11 is 0. The first-order chi connectivity index (χ1) is 9.83. The van der Waals surface area contributed by atoms with Crippen LogP contribution in [-0.4, -0.2) is 13.1 Å². The van der Waals surface area contributed by atoms with Crippen molar-refractivity contribution in [2.45, 2.75) is 25.7 Å². The van der Waals surface area contributed by atoms with Gasteiger partial charge in [0.05, 0.1) is 11.5 Å². The Kier molecular flexibility index (Phi) is 3.71. The number of hydrogen-bond donors (Lipinski definition) is 1. The van der Waals surface area contributed by atoms with Crippen molar-refractivity contribution in [2.75, 3.05) is 13.1 Å². The Labute approximate surface area is 120 Å². The van der Waals surface area contributed by atoms with Crippen molar-refractivity contribution in [3.63, 3.8) is 0 Å². The summed E-state index contributed by atoms with van der Waals surface area (Å²) in [6.45, 7) is 1.78. The number of hydrogen-bond acceptors (Lipinski definition) is 2. The Morgan fingerprint density at radius 2 is 1.90 bits per heavy atom. The Morgan fingerprint density at radius 1 is 1.10 bits per heavy atom. The molecule has 1 N–H and O–H groups in total. The highest BCUT2D eigenvalue weighted by atomic mass is 14.9. The van der Waals surface area contributed by atoms with Gasteiger partial charge in [0.15, 0.2) is 0 Å². The van der Waals surface area contributed by atoms with Crippen molar-refractivity contribution < 1.29 is 0 Å². The molecule has 0 atom stereocenters. The number of fused-ring (bicyclic) bond motifs is 1. The van der Waals surface area contributed by atoms with E-state index in [0.29, 0.717) is 0 Å². The van der Waals surface area contributed by atoms with E-state index in [2.05, 4.69) is 53.9 Å². The molecule has 0 bridgehead atoms. The van der Waals surface area contributed by atoms with Crippen molar-refractivity contribution in [3.8, 4) is 6.07 Å². The Bertz CT molecular complexity index is 630. The van der Waals surface area contributed by atoms with Gasteiger partial charge in [0.2, 0.25) is 0 Å². The number of nitrogens with zero attached hydrogens (tertiary/aromatic N) is 1. The van der Waals surface area contributed by atoms with E-state index in [1.807, 2.05) is 0 Å². The lowest BCUT2D eigenvalue weighted by Crippen LogP contribution is -2.39. The van der Waals surface area contributed by atoms with Crippen LogP contribution in [0.15, 0.2) is 42.5 Å². The summed E-state index contributed by atoms with van der Waals surface area (Å²) in [5.41, 5.74) is 1.31. The molecule has 1 aliphatic rings. The van der Waals surface area contributed by atoms with Gasteiger partial charge in [0, 0.05) is 6.54 Å². The predicted octanol–water partition coefficient (Wildman–Crippen LogP) is 3.67. The van der Waals surface area contributed by atoms with Crippen LogP contribution in [0.25, 0.3) is 10.8 Å². The molecular weight excluding hydrogens is 244 g/mol. The van der Waals surface area contributed by atoms with Crippen LogP contribution < -0.4 is 5.32 Å². The Balaban J connectivity index is 1.59. The SMILES string of the molecule is N#CC1(CNCCc2cccc3ccccc23)CCC1. The molecule has 1 fully saturated rings. The molecule has 2 heteroatoms. The molecule has 2 aromatic carbocycles. The van der Waals surface area contributed by atoms with Gasteiger partial charge in [0.25, 0.3) is 0 Å². The first-order valence-corrected chi connectivity index (χ1v) is 7.42. The van der Waals surface area contributed by atoms with Crippen LogP contribution in [0.2, 0.25) is 0 Å². The van der Waals surface area contributed by atoms with Gasteiger partial charge in [-0.3, -0.25) is 0 Å². The lowest BCUT2D eigenvalue weighted by atomic mass is 9.70. The fourth-order valence-corrected chi connectivity index (χ4v) is 2.99.